The van der Waals surface area contributed by atoms with Crippen molar-refractivity contribution in [2.45, 2.75) is 18.8 Å². The van der Waals surface area contributed by atoms with E-state index in [1.165, 1.54) is 0 Å². The Labute approximate surface area is 174 Å². The Morgan fingerprint density at radius 1 is 1.10 bits per heavy atom. The van der Waals surface area contributed by atoms with Crippen LogP contribution < -0.4 is 15.6 Å². The van der Waals surface area contributed by atoms with Gasteiger partial charge in [-0.1, -0.05) is 24.3 Å². The second kappa shape index (κ2) is 7.89. The molecule has 6 nitrogen and oxygen atoms in total. The van der Waals surface area contributed by atoms with E-state index in [1.807, 2.05) is 40.9 Å². The minimum Gasteiger partial charge on any atom is -0.497 e. The van der Waals surface area contributed by atoms with Crippen LogP contribution in [0, 0.1) is 0 Å². The molecule has 2 aromatic heterocycles. The summed E-state index contributed by atoms with van der Waals surface area (Å²) in [6.45, 7) is 1.94. The predicted octanol–water partition coefficient (Wildman–Crippen LogP) is 3.74. The molecule has 1 saturated heterocycles. The molecule has 1 aliphatic heterocycles. The predicted molar refractivity (Wildman–Crippen MR) is 117 cm³/mol. The molecular formula is C22H23ClN4O2. The number of hydrogen-bond donors (Lipinski definition) is 2. The number of aromatic amines is 1. The van der Waals surface area contributed by atoms with Gasteiger partial charge in [-0.25, -0.2) is 4.52 Å². The fraction of sp³-hybridized carbons (Fsp3) is 0.273. The second-order valence-electron chi connectivity index (χ2n) is 7.27. The first-order valence-corrected chi connectivity index (χ1v) is 9.64. The Bertz CT molecular complexity index is 1210. The van der Waals surface area contributed by atoms with Gasteiger partial charge in [-0.3, -0.25) is 4.79 Å². The smallest absolute Gasteiger partial charge is 0.251 e. The van der Waals surface area contributed by atoms with E-state index in [-0.39, 0.29) is 18.0 Å². The van der Waals surface area contributed by atoms with Crippen molar-refractivity contribution in [3.05, 3.63) is 64.6 Å². The van der Waals surface area contributed by atoms with Crippen LogP contribution in [0.4, 0.5) is 0 Å². The van der Waals surface area contributed by atoms with Gasteiger partial charge < -0.3 is 15.0 Å². The Morgan fingerprint density at radius 3 is 2.59 bits per heavy atom. The first-order valence-electron chi connectivity index (χ1n) is 9.64. The van der Waals surface area contributed by atoms with Crippen molar-refractivity contribution >= 4 is 29.0 Å². The van der Waals surface area contributed by atoms with Crippen molar-refractivity contribution in [2.75, 3.05) is 20.2 Å². The number of halogens is 1. The molecule has 1 aliphatic rings. The van der Waals surface area contributed by atoms with Gasteiger partial charge >= 0.3 is 0 Å². The lowest BCUT2D eigenvalue weighted by atomic mass is 9.94. The number of H-pyrrole nitrogens is 1. The van der Waals surface area contributed by atoms with Gasteiger partial charge in [0, 0.05) is 12.0 Å². The lowest BCUT2D eigenvalue weighted by Gasteiger charge is -2.23. The van der Waals surface area contributed by atoms with Crippen LogP contribution in [0.5, 0.6) is 5.75 Å². The van der Waals surface area contributed by atoms with Crippen LogP contribution in [-0.2, 0) is 0 Å². The molecule has 0 saturated carbocycles. The maximum atomic E-state index is 12.5. The van der Waals surface area contributed by atoms with Crippen molar-refractivity contribution in [2.24, 2.45) is 0 Å². The van der Waals surface area contributed by atoms with Crippen LogP contribution in [0.1, 0.15) is 24.5 Å². The molecule has 0 unspecified atom stereocenters. The molecule has 2 N–H and O–H groups in total. The van der Waals surface area contributed by atoms with E-state index in [2.05, 4.69) is 16.4 Å². The average Bonchev–Trinajstić information content (AvgIpc) is 3.12. The highest BCUT2D eigenvalue weighted by Gasteiger charge is 2.21. The van der Waals surface area contributed by atoms with E-state index in [0.29, 0.717) is 5.92 Å². The number of aromatic nitrogens is 3. The number of piperidine rings is 1. The molecule has 0 radical (unpaired) electrons. The summed E-state index contributed by atoms with van der Waals surface area (Å²) in [5.74, 6) is 1.15. The average molecular weight is 411 g/mol. The van der Waals surface area contributed by atoms with Gasteiger partial charge in [-0.15, -0.1) is 12.4 Å². The quantitative estimate of drug-likeness (QED) is 0.539. The molecule has 7 heteroatoms. The van der Waals surface area contributed by atoms with E-state index >= 15 is 0 Å². The Hall–Kier alpha value is -2.83. The molecule has 2 aromatic carbocycles. The van der Waals surface area contributed by atoms with Crippen molar-refractivity contribution in [3.63, 3.8) is 0 Å². The van der Waals surface area contributed by atoms with Crippen molar-refractivity contribution in [1.29, 1.82) is 0 Å². The van der Waals surface area contributed by atoms with Crippen LogP contribution in [-0.4, -0.2) is 34.8 Å². The summed E-state index contributed by atoms with van der Waals surface area (Å²) in [5.41, 5.74) is 4.68. The Morgan fingerprint density at radius 2 is 1.86 bits per heavy atom. The molecular weight excluding hydrogens is 388 g/mol. The maximum Gasteiger partial charge on any atom is 0.251 e. The van der Waals surface area contributed by atoms with E-state index in [4.69, 9.17) is 9.84 Å². The molecule has 0 aliphatic carbocycles. The maximum absolute atomic E-state index is 12.5. The molecule has 4 aromatic rings. The molecule has 1 fully saturated rings. The van der Waals surface area contributed by atoms with Gasteiger partial charge in [0.25, 0.3) is 5.56 Å². The lowest BCUT2D eigenvalue weighted by molar-refractivity contribution is 0.415. The highest BCUT2D eigenvalue weighted by Crippen LogP contribution is 2.33. The van der Waals surface area contributed by atoms with Crippen molar-refractivity contribution in [1.82, 2.24) is 19.9 Å². The number of fused-ring (bicyclic) bond motifs is 3. The Kier molecular flexibility index (Phi) is 5.30. The summed E-state index contributed by atoms with van der Waals surface area (Å²) in [6.07, 6.45) is 2.03. The number of ether oxygens (including phenoxy) is 1. The van der Waals surface area contributed by atoms with E-state index < -0.39 is 0 Å². The van der Waals surface area contributed by atoms with E-state index in [1.54, 1.807) is 13.2 Å². The first kappa shape index (κ1) is 19.5. The number of nitrogens with one attached hydrogen (secondary N) is 2. The zero-order chi connectivity index (χ0) is 19.1. The lowest BCUT2D eigenvalue weighted by Crippen LogP contribution is -2.28. The van der Waals surface area contributed by atoms with Gasteiger partial charge in [-0.2, -0.15) is 5.10 Å². The number of hydrogen-bond acceptors (Lipinski definition) is 4. The normalized spacial score (nSPS) is 14.8. The fourth-order valence-electron chi connectivity index (χ4n) is 4.21. The summed E-state index contributed by atoms with van der Waals surface area (Å²) >= 11 is 0. The summed E-state index contributed by atoms with van der Waals surface area (Å²) in [7, 11) is 1.66. The van der Waals surface area contributed by atoms with Crippen LogP contribution in [0.2, 0.25) is 0 Å². The van der Waals surface area contributed by atoms with E-state index in [0.717, 1.165) is 65.1 Å². The summed E-state index contributed by atoms with van der Waals surface area (Å²) in [5, 5.41) is 9.21. The summed E-state index contributed by atoms with van der Waals surface area (Å²) < 4.78 is 7.22. The third-order valence-corrected chi connectivity index (χ3v) is 5.62. The first-order chi connectivity index (χ1) is 13.7. The molecule has 0 bridgehead atoms. The summed E-state index contributed by atoms with van der Waals surface area (Å²) in [4.78, 5) is 15.5. The second-order valence-corrected chi connectivity index (χ2v) is 7.27. The SMILES string of the molecule is COc1ccc(-c2cccc3nn4c(C5CCNCC5)cc(=O)[nH]c4c23)cc1.Cl. The monoisotopic (exact) mass is 410 g/mol. The minimum absolute atomic E-state index is 0. The number of benzene rings is 2. The molecule has 29 heavy (non-hydrogen) atoms. The fourth-order valence-corrected chi connectivity index (χ4v) is 4.21. The molecule has 0 spiro atoms. The van der Waals surface area contributed by atoms with Gasteiger partial charge in [-0.05, 0) is 55.3 Å². The third-order valence-electron chi connectivity index (χ3n) is 5.62. The standard InChI is InChI=1S/C22H22N4O2.ClH/c1-28-16-7-5-14(6-8-16)17-3-2-4-18-21(17)22-24-20(27)13-19(26(22)25-18)15-9-11-23-12-10-15;/h2-8,13,15,23H,9-12H2,1H3,(H,24,27);1H. The molecule has 0 amide bonds. The number of rotatable bonds is 3. The number of methoxy groups -OCH3 is 1. The van der Waals surface area contributed by atoms with E-state index in [9.17, 15) is 4.79 Å². The Balaban J connectivity index is 0.00000205. The summed E-state index contributed by atoms with van der Waals surface area (Å²) in [6, 6.07) is 15.8. The molecule has 0 atom stereocenters. The molecule has 150 valence electrons. The highest BCUT2D eigenvalue weighted by molar-refractivity contribution is 6.04. The van der Waals surface area contributed by atoms with Crippen molar-refractivity contribution in [3.8, 4) is 16.9 Å². The largest absolute Gasteiger partial charge is 0.497 e. The van der Waals surface area contributed by atoms with Gasteiger partial charge in [0.15, 0.2) is 0 Å². The topological polar surface area (TPSA) is 71.4 Å². The third kappa shape index (κ3) is 3.39. The van der Waals surface area contributed by atoms with Gasteiger partial charge in [0.2, 0.25) is 0 Å². The molecule has 3 heterocycles. The zero-order valence-corrected chi connectivity index (χ0v) is 17.0. The van der Waals surface area contributed by atoms with Crippen molar-refractivity contribution < 1.29 is 4.74 Å². The van der Waals surface area contributed by atoms with Gasteiger partial charge in [0.05, 0.1) is 23.7 Å². The highest BCUT2D eigenvalue weighted by atomic mass is 35.5. The van der Waals surface area contributed by atoms with Gasteiger partial charge in [0.1, 0.15) is 11.4 Å². The molecule has 5 rings (SSSR count). The van der Waals surface area contributed by atoms with Crippen LogP contribution in [0.25, 0.3) is 27.7 Å². The number of nitrogens with zero attached hydrogens (tertiary/aromatic N) is 2. The van der Waals surface area contributed by atoms with Crippen LogP contribution >= 0.6 is 12.4 Å². The van der Waals surface area contributed by atoms with Crippen LogP contribution in [0.3, 0.4) is 0 Å². The zero-order valence-electron chi connectivity index (χ0n) is 16.1. The van der Waals surface area contributed by atoms with Crippen LogP contribution in [0.15, 0.2) is 53.3 Å². The minimum atomic E-state index is -0.0765.